The van der Waals surface area contributed by atoms with Crippen molar-refractivity contribution in [1.82, 2.24) is 10.6 Å². The SMILES string of the molecule is CCNC(=O)COc1cccc(CNCc2ccc(C(=O)O)cc2)c1. The molecule has 2 rings (SSSR count). The van der Waals surface area contributed by atoms with E-state index in [-0.39, 0.29) is 18.1 Å². The molecule has 0 spiro atoms. The average Bonchev–Trinajstić information content (AvgIpc) is 2.61. The van der Waals surface area contributed by atoms with Crippen molar-refractivity contribution in [1.29, 1.82) is 0 Å². The Bertz CT molecular complexity index is 714. The van der Waals surface area contributed by atoms with Crippen LogP contribution in [0.1, 0.15) is 28.4 Å². The number of aromatic carboxylic acids is 1. The Hall–Kier alpha value is -2.86. The topological polar surface area (TPSA) is 87.7 Å². The van der Waals surface area contributed by atoms with E-state index >= 15 is 0 Å². The van der Waals surface area contributed by atoms with E-state index in [2.05, 4.69) is 10.6 Å². The number of carbonyl (C=O) groups is 2. The lowest BCUT2D eigenvalue weighted by Gasteiger charge is -2.09. The molecule has 0 fully saturated rings. The maximum Gasteiger partial charge on any atom is 0.335 e. The largest absolute Gasteiger partial charge is 0.484 e. The van der Waals surface area contributed by atoms with Gasteiger partial charge in [0.05, 0.1) is 5.56 Å². The zero-order valence-electron chi connectivity index (χ0n) is 14.1. The number of carboxylic acids is 1. The first-order chi connectivity index (χ1) is 12.1. The van der Waals surface area contributed by atoms with Crippen LogP contribution in [0.25, 0.3) is 0 Å². The van der Waals surface area contributed by atoms with Gasteiger partial charge in [0.2, 0.25) is 0 Å². The molecule has 6 nitrogen and oxygen atoms in total. The number of likely N-dealkylation sites (N-methyl/N-ethyl adjacent to an activating group) is 1. The van der Waals surface area contributed by atoms with Gasteiger partial charge in [-0.25, -0.2) is 4.79 Å². The molecule has 2 aromatic rings. The third-order valence-electron chi connectivity index (χ3n) is 3.50. The van der Waals surface area contributed by atoms with Crippen LogP contribution >= 0.6 is 0 Å². The van der Waals surface area contributed by atoms with Gasteiger partial charge in [-0.3, -0.25) is 4.79 Å². The predicted molar refractivity (Wildman–Crippen MR) is 94.6 cm³/mol. The molecule has 0 saturated carbocycles. The minimum absolute atomic E-state index is 0.000643. The maximum atomic E-state index is 11.4. The van der Waals surface area contributed by atoms with E-state index in [1.54, 1.807) is 24.3 Å². The molecule has 1 amide bonds. The Labute approximate surface area is 146 Å². The van der Waals surface area contributed by atoms with Gasteiger partial charge in [-0.1, -0.05) is 24.3 Å². The number of carboxylic acid groups (broad SMARTS) is 1. The van der Waals surface area contributed by atoms with E-state index < -0.39 is 5.97 Å². The van der Waals surface area contributed by atoms with E-state index in [0.717, 1.165) is 11.1 Å². The second kappa shape index (κ2) is 9.44. The van der Waals surface area contributed by atoms with Gasteiger partial charge in [0.1, 0.15) is 5.75 Å². The van der Waals surface area contributed by atoms with Gasteiger partial charge >= 0.3 is 5.97 Å². The van der Waals surface area contributed by atoms with Gasteiger partial charge in [0.25, 0.3) is 5.91 Å². The van der Waals surface area contributed by atoms with Crippen LogP contribution in [0, 0.1) is 0 Å². The molecule has 0 heterocycles. The molecular weight excluding hydrogens is 320 g/mol. The van der Waals surface area contributed by atoms with Gasteiger partial charge in [-0.2, -0.15) is 0 Å². The quantitative estimate of drug-likeness (QED) is 0.650. The number of rotatable bonds is 9. The molecule has 0 bridgehead atoms. The zero-order chi connectivity index (χ0) is 18.1. The Morgan fingerprint density at radius 2 is 1.76 bits per heavy atom. The first-order valence-electron chi connectivity index (χ1n) is 8.10. The fourth-order valence-corrected chi connectivity index (χ4v) is 2.26. The van der Waals surface area contributed by atoms with Crippen LogP contribution in [0.3, 0.4) is 0 Å². The fraction of sp³-hybridized carbons (Fsp3) is 0.263. The molecule has 6 heteroatoms. The van der Waals surface area contributed by atoms with Gasteiger partial charge in [0, 0.05) is 19.6 Å². The number of nitrogens with one attached hydrogen (secondary N) is 2. The standard InChI is InChI=1S/C19H22N2O4/c1-2-21-18(22)13-25-17-5-3-4-15(10-17)12-20-11-14-6-8-16(9-7-14)19(23)24/h3-10,20H,2,11-13H2,1H3,(H,21,22)(H,23,24). The molecule has 0 saturated heterocycles. The number of ether oxygens (including phenoxy) is 1. The highest BCUT2D eigenvalue weighted by atomic mass is 16.5. The highest BCUT2D eigenvalue weighted by Crippen LogP contribution is 2.13. The monoisotopic (exact) mass is 342 g/mol. The summed E-state index contributed by atoms with van der Waals surface area (Å²) in [7, 11) is 0. The van der Waals surface area contributed by atoms with Crippen molar-refractivity contribution in [2.24, 2.45) is 0 Å². The van der Waals surface area contributed by atoms with Crippen molar-refractivity contribution < 1.29 is 19.4 Å². The minimum Gasteiger partial charge on any atom is -0.484 e. The second-order valence-corrected chi connectivity index (χ2v) is 5.50. The fourth-order valence-electron chi connectivity index (χ4n) is 2.26. The molecule has 0 aliphatic carbocycles. The average molecular weight is 342 g/mol. The summed E-state index contributed by atoms with van der Waals surface area (Å²) >= 11 is 0. The lowest BCUT2D eigenvalue weighted by Crippen LogP contribution is -2.28. The summed E-state index contributed by atoms with van der Waals surface area (Å²) in [6.07, 6.45) is 0. The lowest BCUT2D eigenvalue weighted by atomic mass is 10.1. The van der Waals surface area contributed by atoms with Crippen LogP contribution in [0.4, 0.5) is 0 Å². The molecule has 0 aromatic heterocycles. The highest BCUT2D eigenvalue weighted by molar-refractivity contribution is 5.87. The van der Waals surface area contributed by atoms with Crippen molar-refractivity contribution in [2.45, 2.75) is 20.0 Å². The molecule has 0 aliphatic rings. The van der Waals surface area contributed by atoms with Crippen molar-refractivity contribution >= 4 is 11.9 Å². The van der Waals surface area contributed by atoms with Crippen molar-refractivity contribution in [3.05, 3.63) is 65.2 Å². The van der Waals surface area contributed by atoms with Crippen LogP contribution in [-0.4, -0.2) is 30.1 Å². The first-order valence-corrected chi connectivity index (χ1v) is 8.10. The summed E-state index contributed by atoms with van der Waals surface area (Å²) in [4.78, 5) is 22.2. The maximum absolute atomic E-state index is 11.4. The van der Waals surface area contributed by atoms with Crippen LogP contribution in [0.5, 0.6) is 5.75 Å². The number of hydrogen-bond acceptors (Lipinski definition) is 4. The number of benzene rings is 2. The van der Waals surface area contributed by atoms with E-state index in [0.29, 0.717) is 25.4 Å². The van der Waals surface area contributed by atoms with Crippen LogP contribution in [0.2, 0.25) is 0 Å². The van der Waals surface area contributed by atoms with E-state index in [1.807, 2.05) is 31.2 Å². The Morgan fingerprint density at radius 1 is 1.04 bits per heavy atom. The van der Waals surface area contributed by atoms with Crippen molar-refractivity contribution in [3.8, 4) is 5.75 Å². The third-order valence-corrected chi connectivity index (χ3v) is 3.50. The normalized spacial score (nSPS) is 10.3. The van der Waals surface area contributed by atoms with Crippen molar-refractivity contribution in [3.63, 3.8) is 0 Å². The molecular formula is C19H22N2O4. The molecule has 25 heavy (non-hydrogen) atoms. The number of carbonyl (C=O) groups excluding carboxylic acids is 1. The Morgan fingerprint density at radius 3 is 2.44 bits per heavy atom. The smallest absolute Gasteiger partial charge is 0.335 e. The van der Waals surface area contributed by atoms with Gasteiger partial charge in [-0.15, -0.1) is 0 Å². The third kappa shape index (κ3) is 6.27. The molecule has 2 aromatic carbocycles. The molecule has 0 unspecified atom stereocenters. The predicted octanol–water partition coefficient (Wildman–Crippen LogP) is 2.19. The number of amides is 1. The van der Waals surface area contributed by atoms with Crippen LogP contribution < -0.4 is 15.4 Å². The van der Waals surface area contributed by atoms with E-state index in [9.17, 15) is 9.59 Å². The Kier molecular flexibility index (Phi) is 6.98. The number of hydrogen-bond donors (Lipinski definition) is 3. The van der Waals surface area contributed by atoms with E-state index in [1.165, 1.54) is 0 Å². The van der Waals surface area contributed by atoms with Gasteiger partial charge in [-0.05, 0) is 42.3 Å². The first kappa shape index (κ1) is 18.5. The summed E-state index contributed by atoms with van der Waals surface area (Å²) in [5.74, 6) is -0.420. The molecule has 132 valence electrons. The van der Waals surface area contributed by atoms with E-state index in [4.69, 9.17) is 9.84 Å². The highest BCUT2D eigenvalue weighted by Gasteiger charge is 2.03. The molecule has 0 aliphatic heterocycles. The van der Waals surface area contributed by atoms with Crippen LogP contribution in [0.15, 0.2) is 48.5 Å². The summed E-state index contributed by atoms with van der Waals surface area (Å²) in [5, 5.41) is 14.9. The summed E-state index contributed by atoms with van der Waals surface area (Å²) in [6, 6.07) is 14.3. The molecule has 0 atom stereocenters. The van der Waals surface area contributed by atoms with Gasteiger partial charge in [0.15, 0.2) is 6.61 Å². The van der Waals surface area contributed by atoms with Crippen LogP contribution in [-0.2, 0) is 17.9 Å². The van der Waals surface area contributed by atoms with Gasteiger partial charge < -0.3 is 20.5 Å². The summed E-state index contributed by atoms with van der Waals surface area (Å²) < 4.78 is 5.47. The zero-order valence-corrected chi connectivity index (χ0v) is 14.1. The van der Waals surface area contributed by atoms with Crippen molar-refractivity contribution in [2.75, 3.05) is 13.2 Å². The molecule has 0 radical (unpaired) electrons. The lowest BCUT2D eigenvalue weighted by molar-refractivity contribution is -0.122. The second-order valence-electron chi connectivity index (χ2n) is 5.50. The Balaban J connectivity index is 1.81. The molecule has 3 N–H and O–H groups in total. The minimum atomic E-state index is -0.927. The summed E-state index contributed by atoms with van der Waals surface area (Å²) in [6.45, 7) is 3.71. The summed E-state index contributed by atoms with van der Waals surface area (Å²) in [5.41, 5.74) is 2.32.